The van der Waals surface area contributed by atoms with Gasteiger partial charge in [0.2, 0.25) is 0 Å². The molecular formula is C54H37N5. The van der Waals surface area contributed by atoms with Crippen LogP contribution in [0.15, 0.2) is 188 Å². The predicted octanol–water partition coefficient (Wildman–Crippen LogP) is 13.5. The van der Waals surface area contributed by atoms with Crippen LogP contribution in [0.5, 0.6) is 0 Å². The molecule has 10 aromatic rings. The molecule has 59 heavy (non-hydrogen) atoms. The van der Waals surface area contributed by atoms with Gasteiger partial charge in [-0.2, -0.15) is 5.26 Å². The first kappa shape index (κ1) is 35.5. The maximum atomic E-state index is 9.61. The fourth-order valence-corrected chi connectivity index (χ4v) is 8.16. The van der Waals surface area contributed by atoms with Gasteiger partial charge in [0.15, 0.2) is 17.5 Å². The fourth-order valence-electron chi connectivity index (χ4n) is 8.16. The Morgan fingerprint density at radius 1 is 0.390 bits per heavy atom. The summed E-state index contributed by atoms with van der Waals surface area (Å²) in [7, 11) is 0. The number of rotatable bonds is 7. The molecule has 0 saturated heterocycles. The molecule has 0 radical (unpaired) electrons. The van der Waals surface area contributed by atoms with Crippen LogP contribution in [0.1, 0.15) is 16.7 Å². The summed E-state index contributed by atoms with van der Waals surface area (Å²) in [5.74, 6) is 1.77. The van der Waals surface area contributed by atoms with Gasteiger partial charge in [-0.15, -0.1) is 0 Å². The SMILES string of the molecule is Cc1ccccc1-c1ccc2c3ccc(-c4ccccc4C)cc3n(-c3cc(-c4ccc(C#N)cc4)ccc3-c3nc(-c4ccccc4)nc(-c4ccccc4)n3)c2c1. The van der Waals surface area contributed by atoms with Crippen molar-refractivity contribution in [1.82, 2.24) is 19.5 Å². The fraction of sp³-hybridized carbons (Fsp3) is 0.0370. The van der Waals surface area contributed by atoms with E-state index in [9.17, 15) is 5.26 Å². The summed E-state index contributed by atoms with van der Waals surface area (Å²) in [5.41, 5.74) is 15.5. The standard InChI is InChI=1S/C54H37N5/c1-35-13-9-11-19-44(35)42-26-28-46-47-29-27-43(45-20-12-10-14-36(45)2)33-50(47)59(49(46)32-42)51-31-41(38-23-21-37(34-55)22-24-38)25-30-48(51)54-57-52(39-15-5-3-6-16-39)56-53(58-54)40-17-7-4-8-18-40/h3-33H,1-2H3. The smallest absolute Gasteiger partial charge is 0.166 e. The molecule has 0 bridgehead atoms. The zero-order chi connectivity index (χ0) is 39.9. The Kier molecular flexibility index (Phi) is 8.93. The first-order valence-corrected chi connectivity index (χ1v) is 19.7. The number of hydrogen-bond acceptors (Lipinski definition) is 4. The van der Waals surface area contributed by atoms with Crippen LogP contribution < -0.4 is 0 Å². The lowest BCUT2D eigenvalue weighted by Crippen LogP contribution is -2.04. The maximum Gasteiger partial charge on any atom is 0.166 e. The first-order chi connectivity index (χ1) is 29.0. The van der Waals surface area contributed by atoms with E-state index >= 15 is 0 Å². The predicted molar refractivity (Wildman–Crippen MR) is 241 cm³/mol. The summed E-state index contributed by atoms with van der Waals surface area (Å²) < 4.78 is 2.39. The largest absolute Gasteiger partial charge is 0.308 e. The number of aromatic nitrogens is 4. The van der Waals surface area contributed by atoms with Crippen molar-refractivity contribution in [3.8, 4) is 79.3 Å². The van der Waals surface area contributed by atoms with Gasteiger partial charge in [0, 0.05) is 27.5 Å². The molecule has 0 amide bonds. The third-order valence-corrected chi connectivity index (χ3v) is 11.2. The molecule has 0 atom stereocenters. The van der Waals surface area contributed by atoms with Gasteiger partial charge in [0.1, 0.15) is 0 Å². The zero-order valence-corrected chi connectivity index (χ0v) is 32.6. The van der Waals surface area contributed by atoms with Crippen LogP contribution in [0, 0.1) is 25.2 Å². The molecule has 278 valence electrons. The number of nitrogens with zero attached hydrogens (tertiary/aromatic N) is 5. The van der Waals surface area contributed by atoms with E-state index < -0.39 is 0 Å². The van der Waals surface area contributed by atoms with Crippen molar-refractivity contribution in [2.24, 2.45) is 0 Å². The molecule has 0 spiro atoms. The first-order valence-electron chi connectivity index (χ1n) is 19.7. The Morgan fingerprint density at radius 2 is 0.847 bits per heavy atom. The summed E-state index contributed by atoms with van der Waals surface area (Å²) in [4.78, 5) is 15.5. The van der Waals surface area contributed by atoms with Crippen molar-refractivity contribution >= 4 is 21.8 Å². The van der Waals surface area contributed by atoms with Gasteiger partial charge in [-0.25, -0.2) is 15.0 Å². The van der Waals surface area contributed by atoms with Crippen molar-refractivity contribution in [3.63, 3.8) is 0 Å². The lowest BCUT2D eigenvalue weighted by atomic mass is 9.98. The molecule has 5 nitrogen and oxygen atoms in total. The van der Waals surface area contributed by atoms with Crippen LogP contribution in [-0.2, 0) is 0 Å². The summed E-state index contributed by atoms with van der Waals surface area (Å²) in [5, 5.41) is 11.9. The third-order valence-electron chi connectivity index (χ3n) is 11.2. The van der Waals surface area contributed by atoms with Crippen molar-refractivity contribution in [1.29, 1.82) is 5.26 Å². The Morgan fingerprint density at radius 3 is 1.36 bits per heavy atom. The highest BCUT2D eigenvalue weighted by Gasteiger charge is 2.22. The average molecular weight is 756 g/mol. The average Bonchev–Trinajstić information content (AvgIpc) is 3.62. The van der Waals surface area contributed by atoms with Gasteiger partial charge in [-0.3, -0.25) is 0 Å². The lowest BCUT2D eigenvalue weighted by Gasteiger charge is -2.17. The Balaban J connectivity index is 1.32. The number of aryl methyl sites for hydroxylation is 2. The van der Waals surface area contributed by atoms with E-state index in [1.54, 1.807) is 0 Å². The van der Waals surface area contributed by atoms with Crippen LogP contribution in [0.4, 0.5) is 0 Å². The van der Waals surface area contributed by atoms with Crippen molar-refractivity contribution in [3.05, 3.63) is 205 Å². The number of fused-ring (bicyclic) bond motifs is 3. The van der Waals surface area contributed by atoms with E-state index in [0.717, 1.165) is 66.4 Å². The maximum absolute atomic E-state index is 9.61. The Hall–Kier alpha value is -7.94. The Bertz CT molecular complexity index is 3070. The minimum atomic E-state index is 0.569. The molecule has 0 fully saturated rings. The van der Waals surface area contributed by atoms with Gasteiger partial charge in [0.05, 0.1) is 28.4 Å². The highest BCUT2D eigenvalue weighted by molar-refractivity contribution is 6.12. The van der Waals surface area contributed by atoms with Crippen LogP contribution in [-0.4, -0.2) is 19.5 Å². The number of hydrogen-bond donors (Lipinski definition) is 0. The molecule has 0 aliphatic carbocycles. The van der Waals surface area contributed by atoms with Crippen molar-refractivity contribution in [2.75, 3.05) is 0 Å². The topological polar surface area (TPSA) is 67.4 Å². The van der Waals surface area contributed by atoms with Gasteiger partial charge >= 0.3 is 0 Å². The minimum Gasteiger partial charge on any atom is -0.308 e. The second-order valence-corrected chi connectivity index (χ2v) is 14.9. The molecule has 5 heteroatoms. The van der Waals surface area contributed by atoms with E-state index in [-0.39, 0.29) is 0 Å². The van der Waals surface area contributed by atoms with E-state index in [1.807, 2.05) is 84.9 Å². The summed E-state index contributed by atoms with van der Waals surface area (Å²) in [6.45, 7) is 4.33. The van der Waals surface area contributed by atoms with Gasteiger partial charge in [-0.1, -0.05) is 152 Å². The van der Waals surface area contributed by atoms with E-state index in [2.05, 4.69) is 128 Å². The second-order valence-electron chi connectivity index (χ2n) is 14.9. The Labute approximate surface area is 343 Å². The highest BCUT2D eigenvalue weighted by atomic mass is 15.1. The molecule has 0 aliphatic heterocycles. The minimum absolute atomic E-state index is 0.569. The third kappa shape index (κ3) is 6.53. The molecular weight excluding hydrogens is 719 g/mol. The highest BCUT2D eigenvalue weighted by Crippen LogP contribution is 2.41. The summed E-state index contributed by atoms with van der Waals surface area (Å²) in [6.07, 6.45) is 0. The normalized spacial score (nSPS) is 11.2. The lowest BCUT2D eigenvalue weighted by molar-refractivity contribution is 1.06. The quantitative estimate of drug-likeness (QED) is 0.162. The summed E-state index contributed by atoms with van der Waals surface area (Å²) >= 11 is 0. The van der Waals surface area contributed by atoms with Crippen molar-refractivity contribution in [2.45, 2.75) is 13.8 Å². The molecule has 2 aromatic heterocycles. The van der Waals surface area contributed by atoms with Gasteiger partial charge < -0.3 is 4.57 Å². The van der Waals surface area contributed by atoms with E-state index in [0.29, 0.717) is 23.0 Å². The molecule has 2 heterocycles. The van der Waals surface area contributed by atoms with E-state index in [1.165, 1.54) is 22.3 Å². The van der Waals surface area contributed by atoms with Crippen LogP contribution in [0.2, 0.25) is 0 Å². The zero-order valence-electron chi connectivity index (χ0n) is 32.6. The molecule has 0 unspecified atom stereocenters. The molecule has 10 rings (SSSR count). The van der Waals surface area contributed by atoms with Crippen LogP contribution >= 0.6 is 0 Å². The van der Waals surface area contributed by atoms with Crippen molar-refractivity contribution < 1.29 is 0 Å². The second kappa shape index (κ2) is 14.9. The summed E-state index contributed by atoms with van der Waals surface area (Å²) in [6, 6.07) is 67.5. The molecule has 0 aliphatic rings. The molecule has 8 aromatic carbocycles. The monoisotopic (exact) mass is 755 g/mol. The van der Waals surface area contributed by atoms with Crippen LogP contribution in [0.3, 0.4) is 0 Å². The van der Waals surface area contributed by atoms with Gasteiger partial charge in [0.25, 0.3) is 0 Å². The molecule has 0 N–H and O–H groups in total. The number of benzene rings is 8. The van der Waals surface area contributed by atoms with Gasteiger partial charge in [-0.05, 0) is 94.8 Å². The number of nitriles is 1. The van der Waals surface area contributed by atoms with Crippen LogP contribution in [0.25, 0.3) is 95.0 Å². The molecule has 0 saturated carbocycles. The van der Waals surface area contributed by atoms with E-state index in [4.69, 9.17) is 15.0 Å².